The van der Waals surface area contributed by atoms with Crippen LogP contribution < -0.4 is 0 Å². The molecule has 0 amide bonds. The number of carbonyl (C=O) groups is 1. The smallest absolute Gasteiger partial charge is 0.358 e. The third kappa shape index (κ3) is 3.40. The molecule has 0 bridgehead atoms. The number of halogens is 1. The average Bonchev–Trinajstić information content (AvgIpc) is 3.26. The van der Waals surface area contributed by atoms with Gasteiger partial charge in [0.25, 0.3) is 0 Å². The number of hydrogen-bond acceptors (Lipinski definition) is 6. The Kier molecular flexibility index (Phi) is 4.21. The number of thiazole rings is 1. The van der Waals surface area contributed by atoms with E-state index in [0.29, 0.717) is 21.5 Å². The molecule has 2 aromatic carbocycles. The Balaban J connectivity index is 1.46. The van der Waals surface area contributed by atoms with Crippen LogP contribution in [-0.2, 0) is 11.3 Å². The molecule has 4 rings (SSSR count). The minimum atomic E-state index is -0.521. The fraction of sp³-hybridized carbons (Fsp3) is 0.0556. The van der Waals surface area contributed by atoms with E-state index in [0.717, 1.165) is 11.1 Å². The molecule has 0 spiro atoms. The van der Waals surface area contributed by atoms with Crippen LogP contribution in [0.4, 0.5) is 0 Å². The van der Waals surface area contributed by atoms with E-state index in [1.165, 1.54) is 11.3 Å². The lowest BCUT2D eigenvalue weighted by Crippen LogP contribution is -2.05. The molecule has 2 aromatic heterocycles. The topological polar surface area (TPSA) is 65.2 Å². The number of hydrogen-bond donors (Lipinski definition) is 0. The molecule has 0 N–H and O–H groups in total. The van der Waals surface area contributed by atoms with E-state index in [1.807, 2.05) is 36.4 Å². The van der Waals surface area contributed by atoms with Crippen LogP contribution in [0.2, 0.25) is 5.02 Å². The molecule has 25 heavy (non-hydrogen) atoms. The van der Waals surface area contributed by atoms with Gasteiger partial charge in [-0.3, -0.25) is 0 Å². The summed E-state index contributed by atoms with van der Waals surface area (Å²) in [4.78, 5) is 20.7. The van der Waals surface area contributed by atoms with E-state index in [4.69, 9.17) is 20.8 Å². The molecule has 2 heterocycles. The summed E-state index contributed by atoms with van der Waals surface area (Å²) >= 11 is 7.34. The van der Waals surface area contributed by atoms with Crippen LogP contribution in [0, 0.1) is 0 Å². The van der Waals surface area contributed by atoms with Crippen molar-refractivity contribution in [1.82, 2.24) is 9.97 Å². The number of carbonyl (C=O) groups excluding carboxylic acids is 1. The van der Waals surface area contributed by atoms with E-state index in [-0.39, 0.29) is 12.3 Å². The molecule has 5 nitrogen and oxygen atoms in total. The van der Waals surface area contributed by atoms with Gasteiger partial charge in [0.05, 0.1) is 0 Å². The van der Waals surface area contributed by atoms with Gasteiger partial charge in [-0.15, -0.1) is 11.3 Å². The number of oxazole rings is 1. The molecule has 4 aromatic rings. The number of fused-ring (bicyclic) bond motifs is 1. The van der Waals surface area contributed by atoms with Crippen molar-refractivity contribution in [2.75, 3.05) is 0 Å². The lowest BCUT2D eigenvalue weighted by molar-refractivity contribution is 0.0434. The number of benzene rings is 2. The second kappa shape index (κ2) is 6.66. The van der Waals surface area contributed by atoms with E-state index in [9.17, 15) is 4.79 Å². The molecule has 124 valence electrons. The lowest BCUT2D eigenvalue weighted by Gasteiger charge is -1.99. The van der Waals surface area contributed by atoms with Crippen molar-refractivity contribution in [3.63, 3.8) is 0 Å². The van der Waals surface area contributed by atoms with Crippen LogP contribution >= 0.6 is 22.9 Å². The highest BCUT2D eigenvalue weighted by Gasteiger charge is 2.15. The molecule has 0 unspecified atom stereocenters. The SMILES string of the molecule is O=C(OCc1nc2ccccc2o1)c1csc(-c2cccc(Cl)c2)n1. The highest BCUT2D eigenvalue weighted by atomic mass is 35.5. The van der Waals surface area contributed by atoms with Gasteiger partial charge in [-0.2, -0.15) is 0 Å². The summed E-state index contributed by atoms with van der Waals surface area (Å²) in [6.45, 7) is -0.0441. The highest BCUT2D eigenvalue weighted by Crippen LogP contribution is 2.26. The first-order chi connectivity index (χ1) is 12.2. The third-order valence-electron chi connectivity index (χ3n) is 3.45. The van der Waals surface area contributed by atoms with Gasteiger partial charge in [-0.1, -0.05) is 35.9 Å². The van der Waals surface area contributed by atoms with Crippen LogP contribution in [0.25, 0.3) is 21.7 Å². The summed E-state index contributed by atoms with van der Waals surface area (Å²) in [6.07, 6.45) is 0. The van der Waals surface area contributed by atoms with Crippen LogP contribution in [0.15, 0.2) is 58.3 Å². The predicted molar refractivity (Wildman–Crippen MR) is 95.7 cm³/mol. The maximum atomic E-state index is 12.2. The van der Waals surface area contributed by atoms with Gasteiger partial charge >= 0.3 is 5.97 Å². The molecule has 0 saturated carbocycles. The quantitative estimate of drug-likeness (QED) is 0.475. The van der Waals surface area contributed by atoms with Crippen LogP contribution in [0.1, 0.15) is 16.4 Å². The number of rotatable bonds is 4. The maximum absolute atomic E-state index is 12.2. The Morgan fingerprint density at radius 2 is 2.04 bits per heavy atom. The fourth-order valence-corrected chi connectivity index (χ4v) is 3.28. The Labute approximate surface area is 151 Å². The van der Waals surface area contributed by atoms with Crippen molar-refractivity contribution < 1.29 is 13.9 Å². The molecular weight excluding hydrogens is 360 g/mol. The second-order valence-corrected chi connectivity index (χ2v) is 6.49. The third-order valence-corrected chi connectivity index (χ3v) is 4.58. The summed E-state index contributed by atoms with van der Waals surface area (Å²) in [5, 5.41) is 2.98. The molecule has 0 aliphatic carbocycles. The van der Waals surface area contributed by atoms with Gasteiger partial charge in [0.1, 0.15) is 10.5 Å². The normalized spacial score (nSPS) is 10.9. The molecular formula is C18H11ClN2O3S. The lowest BCUT2D eigenvalue weighted by atomic mass is 10.2. The minimum absolute atomic E-state index is 0.0441. The van der Waals surface area contributed by atoms with Gasteiger partial charge in [-0.25, -0.2) is 14.8 Å². The van der Waals surface area contributed by atoms with Crippen molar-refractivity contribution in [3.05, 3.63) is 70.5 Å². The van der Waals surface area contributed by atoms with Crippen LogP contribution in [0.3, 0.4) is 0 Å². The zero-order valence-corrected chi connectivity index (χ0v) is 14.4. The van der Waals surface area contributed by atoms with E-state index >= 15 is 0 Å². The highest BCUT2D eigenvalue weighted by molar-refractivity contribution is 7.13. The second-order valence-electron chi connectivity index (χ2n) is 5.20. The number of para-hydroxylation sites is 2. The first kappa shape index (κ1) is 15.8. The van der Waals surface area contributed by atoms with Crippen molar-refractivity contribution in [2.45, 2.75) is 6.61 Å². The van der Waals surface area contributed by atoms with Crippen LogP contribution in [0.5, 0.6) is 0 Å². The Bertz CT molecular complexity index is 1020. The average molecular weight is 371 g/mol. The zero-order valence-electron chi connectivity index (χ0n) is 12.8. The summed E-state index contributed by atoms with van der Waals surface area (Å²) in [5.41, 5.74) is 2.49. The largest absolute Gasteiger partial charge is 0.451 e. The summed E-state index contributed by atoms with van der Waals surface area (Å²) in [5.74, 6) is -0.174. The number of esters is 1. The van der Waals surface area contributed by atoms with E-state index in [1.54, 1.807) is 17.5 Å². The van der Waals surface area contributed by atoms with Crippen LogP contribution in [-0.4, -0.2) is 15.9 Å². The molecule has 7 heteroatoms. The molecule has 0 aliphatic rings. The van der Waals surface area contributed by atoms with Gasteiger partial charge in [-0.05, 0) is 24.3 Å². The monoisotopic (exact) mass is 370 g/mol. The summed E-state index contributed by atoms with van der Waals surface area (Å²) < 4.78 is 10.8. The number of aromatic nitrogens is 2. The van der Waals surface area contributed by atoms with Gasteiger partial charge in [0, 0.05) is 16.0 Å². The Morgan fingerprint density at radius 1 is 1.16 bits per heavy atom. The number of nitrogens with zero attached hydrogens (tertiary/aromatic N) is 2. The standard InChI is InChI=1S/C18H11ClN2O3S/c19-12-5-3-4-11(8-12)17-21-14(10-25-17)18(22)23-9-16-20-13-6-1-2-7-15(13)24-16/h1-8,10H,9H2. The molecule has 0 fully saturated rings. The Morgan fingerprint density at radius 3 is 2.88 bits per heavy atom. The van der Waals surface area contributed by atoms with Gasteiger partial charge in [0.2, 0.25) is 5.89 Å². The Hall–Kier alpha value is -2.70. The first-order valence-corrected chi connectivity index (χ1v) is 8.68. The van der Waals surface area contributed by atoms with Gasteiger partial charge in [0.15, 0.2) is 17.9 Å². The molecule has 0 atom stereocenters. The molecule has 0 saturated heterocycles. The van der Waals surface area contributed by atoms with E-state index in [2.05, 4.69) is 9.97 Å². The molecule has 0 radical (unpaired) electrons. The maximum Gasteiger partial charge on any atom is 0.358 e. The van der Waals surface area contributed by atoms with Crippen molar-refractivity contribution in [2.24, 2.45) is 0 Å². The van der Waals surface area contributed by atoms with Crippen molar-refractivity contribution in [1.29, 1.82) is 0 Å². The van der Waals surface area contributed by atoms with E-state index < -0.39 is 5.97 Å². The molecule has 0 aliphatic heterocycles. The van der Waals surface area contributed by atoms with Crippen molar-refractivity contribution in [3.8, 4) is 10.6 Å². The minimum Gasteiger partial charge on any atom is -0.451 e. The number of ether oxygens (including phenoxy) is 1. The van der Waals surface area contributed by atoms with Gasteiger partial charge < -0.3 is 9.15 Å². The summed E-state index contributed by atoms with van der Waals surface area (Å²) in [7, 11) is 0. The van der Waals surface area contributed by atoms with Crippen molar-refractivity contribution >= 4 is 40.0 Å². The zero-order chi connectivity index (χ0) is 17.2. The fourth-order valence-electron chi connectivity index (χ4n) is 2.30. The first-order valence-electron chi connectivity index (χ1n) is 7.42. The summed E-state index contributed by atoms with van der Waals surface area (Å²) in [6, 6.07) is 14.7. The predicted octanol–water partition coefficient (Wildman–Crippen LogP) is 4.96.